The van der Waals surface area contributed by atoms with Gasteiger partial charge in [0.15, 0.2) is 0 Å². The van der Waals surface area contributed by atoms with Gasteiger partial charge in [0.1, 0.15) is 5.75 Å². The number of amides is 1. The maximum atomic E-state index is 13.1. The highest BCUT2D eigenvalue weighted by molar-refractivity contribution is 5.94. The molecule has 0 bridgehead atoms. The van der Waals surface area contributed by atoms with E-state index in [0.717, 1.165) is 42.4 Å². The SMILES string of the molecule is NCc1cc(O)cc(C2CCN(C(=O)c3cncc(CCc4ccccc4)c3)CC2)c1. The van der Waals surface area contributed by atoms with Crippen LogP contribution in [0, 0.1) is 0 Å². The molecule has 1 aliphatic rings. The number of pyridine rings is 1. The summed E-state index contributed by atoms with van der Waals surface area (Å²) in [7, 11) is 0. The Kier molecular flexibility index (Phi) is 6.63. The molecule has 5 heteroatoms. The van der Waals surface area contributed by atoms with Gasteiger partial charge in [-0.05, 0) is 72.1 Å². The molecule has 1 fully saturated rings. The number of nitrogens with zero attached hydrogens (tertiary/aromatic N) is 2. The van der Waals surface area contributed by atoms with Gasteiger partial charge in [-0.25, -0.2) is 0 Å². The van der Waals surface area contributed by atoms with E-state index in [-0.39, 0.29) is 11.7 Å². The molecule has 1 aliphatic heterocycles. The van der Waals surface area contributed by atoms with Crippen LogP contribution in [-0.4, -0.2) is 34.0 Å². The Balaban J connectivity index is 1.37. The smallest absolute Gasteiger partial charge is 0.255 e. The van der Waals surface area contributed by atoms with Gasteiger partial charge in [0, 0.05) is 32.0 Å². The number of aromatic nitrogens is 1. The summed E-state index contributed by atoms with van der Waals surface area (Å²) in [5.41, 5.74) is 10.8. The van der Waals surface area contributed by atoms with Crippen molar-refractivity contribution >= 4 is 5.91 Å². The number of aryl methyl sites for hydroxylation is 2. The number of rotatable bonds is 6. The summed E-state index contributed by atoms with van der Waals surface area (Å²) in [5, 5.41) is 9.96. The number of phenols is 1. The summed E-state index contributed by atoms with van der Waals surface area (Å²) < 4.78 is 0. The van der Waals surface area contributed by atoms with E-state index in [9.17, 15) is 9.90 Å². The van der Waals surface area contributed by atoms with E-state index < -0.39 is 0 Å². The third-order valence-electron chi connectivity index (χ3n) is 6.08. The molecule has 31 heavy (non-hydrogen) atoms. The Morgan fingerprint density at radius 2 is 1.71 bits per heavy atom. The zero-order valence-corrected chi connectivity index (χ0v) is 17.7. The van der Waals surface area contributed by atoms with Gasteiger partial charge in [-0.1, -0.05) is 36.4 Å². The number of nitrogens with two attached hydrogens (primary N) is 1. The van der Waals surface area contributed by atoms with Crippen molar-refractivity contribution < 1.29 is 9.90 Å². The van der Waals surface area contributed by atoms with Crippen LogP contribution in [0.4, 0.5) is 0 Å². The van der Waals surface area contributed by atoms with Crippen LogP contribution in [0.15, 0.2) is 67.0 Å². The van der Waals surface area contributed by atoms with E-state index in [1.165, 1.54) is 5.56 Å². The summed E-state index contributed by atoms with van der Waals surface area (Å²) in [6, 6.07) is 17.9. The summed E-state index contributed by atoms with van der Waals surface area (Å²) in [6.45, 7) is 1.81. The second-order valence-electron chi connectivity index (χ2n) is 8.27. The molecular weight excluding hydrogens is 386 g/mol. The molecule has 0 unspecified atom stereocenters. The summed E-state index contributed by atoms with van der Waals surface area (Å²) in [6.07, 6.45) is 7.06. The van der Waals surface area contributed by atoms with Gasteiger partial charge in [0.05, 0.1) is 5.56 Å². The number of hydrogen-bond acceptors (Lipinski definition) is 4. The first-order valence-corrected chi connectivity index (χ1v) is 10.9. The largest absolute Gasteiger partial charge is 0.508 e. The van der Waals surface area contributed by atoms with E-state index in [1.807, 2.05) is 41.4 Å². The predicted molar refractivity (Wildman–Crippen MR) is 122 cm³/mol. The molecule has 2 aromatic carbocycles. The third-order valence-corrected chi connectivity index (χ3v) is 6.08. The van der Waals surface area contributed by atoms with Crippen LogP contribution in [0.1, 0.15) is 51.4 Å². The Bertz CT molecular complexity index is 1030. The molecule has 3 aromatic rings. The molecule has 0 aliphatic carbocycles. The van der Waals surface area contributed by atoms with Gasteiger partial charge in [-0.3, -0.25) is 9.78 Å². The lowest BCUT2D eigenvalue weighted by atomic mass is 9.88. The first-order chi connectivity index (χ1) is 15.1. The van der Waals surface area contributed by atoms with Gasteiger partial charge in [-0.2, -0.15) is 0 Å². The topological polar surface area (TPSA) is 79.5 Å². The minimum Gasteiger partial charge on any atom is -0.508 e. The minimum absolute atomic E-state index is 0.0473. The maximum Gasteiger partial charge on any atom is 0.255 e. The van der Waals surface area contributed by atoms with Crippen LogP contribution in [0.25, 0.3) is 0 Å². The molecule has 0 spiro atoms. The van der Waals surface area contributed by atoms with E-state index in [0.29, 0.717) is 31.1 Å². The quantitative estimate of drug-likeness (QED) is 0.637. The Labute approximate surface area is 183 Å². The Morgan fingerprint density at radius 3 is 2.45 bits per heavy atom. The Morgan fingerprint density at radius 1 is 0.968 bits per heavy atom. The molecule has 160 valence electrons. The van der Waals surface area contributed by atoms with Crippen molar-refractivity contribution in [2.24, 2.45) is 5.73 Å². The van der Waals surface area contributed by atoms with Gasteiger partial charge < -0.3 is 15.7 Å². The highest BCUT2D eigenvalue weighted by Gasteiger charge is 2.25. The van der Waals surface area contributed by atoms with Gasteiger partial charge in [-0.15, -0.1) is 0 Å². The molecule has 1 aromatic heterocycles. The number of benzene rings is 2. The van der Waals surface area contributed by atoms with Crippen LogP contribution < -0.4 is 5.73 Å². The van der Waals surface area contributed by atoms with Crippen molar-refractivity contribution in [2.75, 3.05) is 13.1 Å². The fourth-order valence-corrected chi connectivity index (χ4v) is 4.33. The normalized spacial score (nSPS) is 14.5. The molecule has 1 saturated heterocycles. The van der Waals surface area contributed by atoms with Crippen LogP contribution >= 0.6 is 0 Å². The second kappa shape index (κ2) is 9.75. The number of hydrogen-bond donors (Lipinski definition) is 2. The van der Waals surface area contributed by atoms with Gasteiger partial charge in [0.25, 0.3) is 5.91 Å². The van der Waals surface area contributed by atoms with Crippen LogP contribution in [0.2, 0.25) is 0 Å². The van der Waals surface area contributed by atoms with Crippen molar-refractivity contribution in [3.63, 3.8) is 0 Å². The Hall–Kier alpha value is -3.18. The number of piperidine rings is 1. The lowest BCUT2D eigenvalue weighted by Gasteiger charge is -2.32. The zero-order valence-electron chi connectivity index (χ0n) is 17.7. The van der Waals surface area contributed by atoms with E-state index in [2.05, 4.69) is 23.2 Å². The fraction of sp³-hybridized carbons (Fsp3) is 0.308. The molecule has 0 atom stereocenters. The molecule has 4 rings (SSSR count). The molecule has 0 radical (unpaired) electrons. The first-order valence-electron chi connectivity index (χ1n) is 10.9. The average molecular weight is 416 g/mol. The van der Waals surface area contributed by atoms with Crippen LogP contribution in [-0.2, 0) is 19.4 Å². The number of carbonyl (C=O) groups is 1. The number of phenolic OH excluding ortho intramolecular Hbond substituents is 1. The van der Waals surface area contributed by atoms with Crippen molar-refractivity contribution in [3.8, 4) is 5.75 Å². The minimum atomic E-state index is 0.0473. The third kappa shape index (κ3) is 5.30. The molecule has 2 heterocycles. The predicted octanol–water partition coefficient (Wildman–Crippen LogP) is 4.05. The van der Waals surface area contributed by atoms with Gasteiger partial charge in [0.2, 0.25) is 0 Å². The second-order valence-corrected chi connectivity index (χ2v) is 8.27. The standard InChI is InChI=1S/C26H29N3O2/c27-16-21-13-23(15-25(30)14-21)22-8-10-29(11-9-22)26(31)24-12-20(17-28-18-24)7-6-19-4-2-1-3-5-19/h1-5,12-15,17-18,22,30H,6-11,16,27H2. The highest BCUT2D eigenvalue weighted by atomic mass is 16.3. The van der Waals surface area contributed by atoms with E-state index in [1.54, 1.807) is 12.3 Å². The zero-order chi connectivity index (χ0) is 21.6. The number of likely N-dealkylation sites (tertiary alicyclic amines) is 1. The molecular formula is C26H29N3O2. The molecule has 1 amide bonds. The van der Waals surface area contributed by atoms with Crippen molar-refractivity contribution in [1.82, 2.24) is 9.88 Å². The summed E-state index contributed by atoms with van der Waals surface area (Å²) in [5.74, 6) is 0.637. The van der Waals surface area contributed by atoms with Crippen LogP contribution in [0.5, 0.6) is 5.75 Å². The lowest BCUT2D eigenvalue weighted by Crippen LogP contribution is -2.38. The first kappa shape index (κ1) is 21.1. The number of carbonyl (C=O) groups excluding carboxylic acids is 1. The van der Waals surface area contributed by atoms with E-state index >= 15 is 0 Å². The van der Waals surface area contributed by atoms with Crippen molar-refractivity contribution in [3.05, 3.63) is 94.8 Å². The molecule has 5 nitrogen and oxygen atoms in total. The molecule has 3 N–H and O–H groups in total. The number of aromatic hydroxyl groups is 1. The van der Waals surface area contributed by atoms with Crippen LogP contribution in [0.3, 0.4) is 0 Å². The summed E-state index contributed by atoms with van der Waals surface area (Å²) >= 11 is 0. The van der Waals surface area contributed by atoms with Crippen molar-refractivity contribution in [1.29, 1.82) is 0 Å². The van der Waals surface area contributed by atoms with Gasteiger partial charge >= 0.3 is 0 Å². The van der Waals surface area contributed by atoms with E-state index in [4.69, 9.17) is 5.73 Å². The summed E-state index contributed by atoms with van der Waals surface area (Å²) in [4.78, 5) is 19.3. The average Bonchev–Trinajstić information content (AvgIpc) is 2.83. The van der Waals surface area contributed by atoms with Crippen molar-refractivity contribution in [2.45, 2.75) is 38.1 Å². The fourth-order valence-electron chi connectivity index (χ4n) is 4.33. The lowest BCUT2D eigenvalue weighted by molar-refractivity contribution is 0.0712. The molecule has 0 saturated carbocycles. The highest BCUT2D eigenvalue weighted by Crippen LogP contribution is 2.31. The monoisotopic (exact) mass is 415 g/mol. The maximum absolute atomic E-state index is 13.1.